The van der Waals surface area contributed by atoms with E-state index in [0.717, 1.165) is 6.42 Å². The van der Waals surface area contributed by atoms with Crippen LogP contribution in [0.4, 0.5) is 0 Å². The van der Waals surface area contributed by atoms with Crippen molar-refractivity contribution in [1.82, 2.24) is 0 Å². The Morgan fingerprint density at radius 1 is 1.17 bits per heavy atom. The Hall–Kier alpha value is -1.90. The summed E-state index contributed by atoms with van der Waals surface area (Å²) in [6, 6.07) is 21.1. The van der Waals surface area contributed by atoms with Gasteiger partial charge in [0.25, 0.3) is 0 Å². The minimum absolute atomic E-state index is 0.0850. The second-order valence-electron chi connectivity index (χ2n) is 6.15. The summed E-state index contributed by atoms with van der Waals surface area (Å²) in [5, 5.41) is 10.4. The zero-order valence-electron chi connectivity index (χ0n) is 13.5. The van der Waals surface area contributed by atoms with Crippen LogP contribution in [-0.2, 0) is 10.2 Å². The van der Waals surface area contributed by atoms with Crippen LogP contribution >= 0.6 is 0 Å². The number of aliphatic hydroxyl groups is 1. The van der Waals surface area contributed by atoms with Crippen molar-refractivity contribution in [2.24, 2.45) is 5.92 Å². The normalized spacial score (nSPS) is 20.2. The lowest BCUT2D eigenvalue weighted by Crippen LogP contribution is -2.28. The highest BCUT2D eigenvalue weighted by Crippen LogP contribution is 2.61. The van der Waals surface area contributed by atoms with Crippen LogP contribution in [-0.4, -0.2) is 18.3 Å². The number of aliphatic hydroxyl groups excluding tert-OH is 1. The van der Waals surface area contributed by atoms with Crippen LogP contribution in [0.1, 0.15) is 24.0 Å². The van der Waals surface area contributed by atoms with E-state index in [0.29, 0.717) is 12.5 Å². The average Bonchev–Trinajstić information content (AvgIpc) is 3.34. The van der Waals surface area contributed by atoms with Crippen molar-refractivity contribution in [3.8, 4) is 0 Å². The molecule has 0 saturated heterocycles. The van der Waals surface area contributed by atoms with Crippen molar-refractivity contribution < 1.29 is 9.84 Å². The summed E-state index contributed by atoms with van der Waals surface area (Å²) in [6.07, 6.45) is 3.25. The molecule has 2 heteroatoms. The molecule has 1 saturated carbocycles. The first kappa shape index (κ1) is 16.0. The van der Waals surface area contributed by atoms with Crippen LogP contribution in [0.15, 0.2) is 73.3 Å². The summed E-state index contributed by atoms with van der Waals surface area (Å²) in [6.45, 7) is 3.71. The maximum Gasteiger partial charge on any atom is 0.126 e. The molecule has 3 rings (SSSR count). The smallest absolute Gasteiger partial charge is 0.126 e. The minimum atomic E-state index is -0.270. The van der Waals surface area contributed by atoms with Crippen molar-refractivity contribution in [2.45, 2.75) is 24.4 Å². The second-order valence-corrected chi connectivity index (χ2v) is 6.15. The molecule has 119 valence electrons. The zero-order chi connectivity index (χ0) is 16.3. The maximum atomic E-state index is 10.4. The van der Waals surface area contributed by atoms with E-state index in [9.17, 15) is 5.11 Å². The molecule has 1 radical (unpaired) electrons. The molecule has 2 aromatic rings. The summed E-state index contributed by atoms with van der Waals surface area (Å²) in [5.41, 5.74) is 2.48. The predicted octanol–water partition coefficient (Wildman–Crippen LogP) is 4.49. The van der Waals surface area contributed by atoms with Crippen LogP contribution < -0.4 is 0 Å². The molecule has 2 aromatic carbocycles. The Bertz CT molecular complexity index is 596. The molecule has 2 nitrogen and oxygen atoms in total. The number of benzene rings is 2. The Morgan fingerprint density at radius 3 is 2.13 bits per heavy atom. The van der Waals surface area contributed by atoms with E-state index in [1.165, 1.54) is 11.1 Å². The lowest BCUT2D eigenvalue weighted by molar-refractivity contribution is 0.0326. The summed E-state index contributed by atoms with van der Waals surface area (Å²) < 4.78 is 5.65. The number of ether oxygens (including phenoxy) is 1. The van der Waals surface area contributed by atoms with Crippen LogP contribution in [0, 0.1) is 12.0 Å². The molecule has 1 aliphatic rings. The van der Waals surface area contributed by atoms with Crippen LogP contribution in [0.5, 0.6) is 0 Å². The van der Waals surface area contributed by atoms with Gasteiger partial charge in [0.15, 0.2) is 0 Å². The van der Waals surface area contributed by atoms with Gasteiger partial charge in [-0.3, -0.25) is 0 Å². The van der Waals surface area contributed by atoms with Crippen molar-refractivity contribution in [1.29, 1.82) is 0 Å². The number of rotatable bonds is 7. The van der Waals surface area contributed by atoms with Gasteiger partial charge >= 0.3 is 0 Å². The topological polar surface area (TPSA) is 29.5 Å². The largest absolute Gasteiger partial charge is 0.384 e. The van der Waals surface area contributed by atoms with Gasteiger partial charge in [-0.25, -0.2) is 0 Å². The Balaban J connectivity index is 1.99. The van der Waals surface area contributed by atoms with Gasteiger partial charge in [-0.1, -0.05) is 66.7 Å². The predicted molar refractivity (Wildman–Crippen MR) is 92.6 cm³/mol. The van der Waals surface area contributed by atoms with Crippen LogP contribution in [0.2, 0.25) is 0 Å². The summed E-state index contributed by atoms with van der Waals surface area (Å²) in [5.74, 6) is 0.234. The first-order valence-corrected chi connectivity index (χ1v) is 8.03. The molecular weight excluding hydrogens is 284 g/mol. The molecule has 0 aromatic heterocycles. The molecule has 0 aliphatic heterocycles. The van der Waals surface area contributed by atoms with E-state index in [2.05, 4.69) is 55.1 Å². The Morgan fingerprint density at radius 2 is 1.70 bits per heavy atom. The Kier molecular flexibility index (Phi) is 4.65. The van der Waals surface area contributed by atoms with E-state index in [4.69, 9.17) is 4.74 Å². The maximum absolute atomic E-state index is 10.4. The second kappa shape index (κ2) is 6.69. The molecule has 0 spiro atoms. The molecule has 1 aliphatic carbocycles. The van der Waals surface area contributed by atoms with Crippen LogP contribution in [0.25, 0.3) is 0 Å². The van der Waals surface area contributed by atoms with Gasteiger partial charge < -0.3 is 9.84 Å². The van der Waals surface area contributed by atoms with E-state index >= 15 is 0 Å². The summed E-state index contributed by atoms with van der Waals surface area (Å²) in [4.78, 5) is 0. The third-order valence-electron chi connectivity index (χ3n) is 4.89. The third-order valence-corrected chi connectivity index (χ3v) is 4.89. The van der Waals surface area contributed by atoms with Gasteiger partial charge in [0.2, 0.25) is 0 Å². The van der Waals surface area contributed by atoms with Gasteiger partial charge in [-0.2, -0.15) is 0 Å². The molecule has 0 amide bonds. The quantitative estimate of drug-likeness (QED) is 0.764. The molecule has 2 unspecified atom stereocenters. The highest BCUT2D eigenvalue weighted by molar-refractivity contribution is 5.48. The molecule has 0 heterocycles. The molecule has 2 atom stereocenters. The summed E-state index contributed by atoms with van der Waals surface area (Å²) in [7, 11) is 1.67. The van der Waals surface area contributed by atoms with E-state index in [1.54, 1.807) is 13.2 Å². The fraction of sp³-hybridized carbons (Fsp3) is 0.286. The monoisotopic (exact) mass is 307 g/mol. The molecular formula is C21H23O2. The Labute approximate surface area is 138 Å². The first-order valence-electron chi connectivity index (χ1n) is 8.03. The van der Waals surface area contributed by atoms with Crippen molar-refractivity contribution in [3.05, 3.63) is 90.5 Å². The molecule has 1 N–H and O–H groups in total. The van der Waals surface area contributed by atoms with Crippen LogP contribution in [0.3, 0.4) is 0 Å². The van der Waals surface area contributed by atoms with E-state index < -0.39 is 0 Å². The SMILES string of the molecule is C=CC[C](O)C(OC)C1CC1(c1ccccc1)c1ccccc1. The lowest BCUT2D eigenvalue weighted by Gasteiger charge is -2.25. The fourth-order valence-electron chi connectivity index (χ4n) is 3.75. The lowest BCUT2D eigenvalue weighted by atomic mass is 9.83. The average molecular weight is 307 g/mol. The van der Waals surface area contributed by atoms with Gasteiger partial charge in [0, 0.05) is 18.4 Å². The van der Waals surface area contributed by atoms with Crippen molar-refractivity contribution >= 4 is 0 Å². The number of methoxy groups -OCH3 is 1. The number of hydrogen-bond acceptors (Lipinski definition) is 2. The fourth-order valence-corrected chi connectivity index (χ4v) is 3.75. The van der Waals surface area contributed by atoms with Crippen molar-refractivity contribution in [3.63, 3.8) is 0 Å². The molecule has 1 fully saturated rings. The van der Waals surface area contributed by atoms with Crippen molar-refractivity contribution in [2.75, 3.05) is 7.11 Å². The third kappa shape index (κ3) is 2.85. The number of hydrogen-bond donors (Lipinski definition) is 1. The molecule has 0 bridgehead atoms. The summed E-state index contributed by atoms with van der Waals surface area (Å²) >= 11 is 0. The highest BCUT2D eigenvalue weighted by atomic mass is 16.5. The van der Waals surface area contributed by atoms with E-state index in [1.807, 2.05) is 12.1 Å². The van der Waals surface area contributed by atoms with Gasteiger partial charge in [0.05, 0.1) is 6.10 Å². The highest BCUT2D eigenvalue weighted by Gasteiger charge is 2.60. The molecule has 23 heavy (non-hydrogen) atoms. The van der Waals surface area contributed by atoms with E-state index in [-0.39, 0.29) is 17.4 Å². The standard InChI is InChI=1S/C21H23O2/c1-3-10-19(22)20(23-2)18-15-21(18,16-11-6-4-7-12-16)17-13-8-5-9-14-17/h3-9,11-14,18,20,22H,1,10,15H2,2H3. The van der Waals surface area contributed by atoms with Gasteiger partial charge in [-0.05, 0) is 24.0 Å². The zero-order valence-corrected chi connectivity index (χ0v) is 13.5. The van der Waals surface area contributed by atoms with Gasteiger partial charge in [-0.15, -0.1) is 6.58 Å². The van der Waals surface area contributed by atoms with Gasteiger partial charge in [0.1, 0.15) is 6.10 Å². The first-order chi connectivity index (χ1) is 11.2. The minimum Gasteiger partial charge on any atom is -0.384 e.